The Morgan fingerprint density at radius 3 is 2.33 bits per heavy atom. The molecule has 0 saturated carbocycles. The first-order chi connectivity index (χ1) is 12.9. The third-order valence-electron chi connectivity index (χ3n) is 4.74. The van der Waals surface area contributed by atoms with E-state index in [-0.39, 0.29) is 16.8 Å². The van der Waals surface area contributed by atoms with Crippen molar-refractivity contribution in [1.29, 1.82) is 0 Å². The van der Waals surface area contributed by atoms with Crippen LogP contribution in [0.2, 0.25) is 5.02 Å². The average molecular weight is 407 g/mol. The topological polar surface area (TPSA) is 66.5 Å². The van der Waals surface area contributed by atoms with Crippen LogP contribution in [-0.2, 0) is 14.8 Å². The summed E-state index contributed by atoms with van der Waals surface area (Å²) in [7, 11) is -3.65. The summed E-state index contributed by atoms with van der Waals surface area (Å²) in [5.74, 6) is -0.194. The molecule has 1 N–H and O–H groups in total. The number of sulfonamides is 1. The van der Waals surface area contributed by atoms with Gasteiger partial charge in [-0.25, -0.2) is 8.42 Å². The Balaban J connectivity index is 1.93. The molecule has 1 amide bonds. The van der Waals surface area contributed by atoms with Gasteiger partial charge in [-0.2, -0.15) is 4.31 Å². The third kappa shape index (κ3) is 4.69. The number of benzene rings is 2. The van der Waals surface area contributed by atoms with Crippen molar-refractivity contribution < 1.29 is 13.2 Å². The predicted octanol–water partition coefficient (Wildman–Crippen LogP) is 4.60. The number of carbonyl (C=O) groups is 1. The number of carbonyl (C=O) groups excluding carboxylic acids is 1. The molecule has 0 bridgehead atoms. The fraction of sp³-hybridized carbons (Fsp3) is 0.350. The second-order valence-corrected chi connectivity index (χ2v) is 9.06. The third-order valence-corrected chi connectivity index (χ3v) is 6.91. The first kappa shape index (κ1) is 19.9. The van der Waals surface area contributed by atoms with E-state index >= 15 is 0 Å². The van der Waals surface area contributed by atoms with E-state index in [0.29, 0.717) is 17.3 Å². The van der Waals surface area contributed by atoms with Crippen molar-refractivity contribution >= 4 is 33.2 Å². The molecule has 27 heavy (non-hydrogen) atoms. The second-order valence-electron chi connectivity index (χ2n) is 6.74. The van der Waals surface area contributed by atoms with Crippen LogP contribution in [0.4, 0.5) is 5.69 Å². The minimum absolute atomic E-state index is 0.194. The van der Waals surface area contributed by atoms with E-state index < -0.39 is 10.0 Å². The van der Waals surface area contributed by atoms with Crippen molar-refractivity contribution in [2.45, 2.75) is 43.5 Å². The highest BCUT2D eigenvalue weighted by molar-refractivity contribution is 7.89. The molecule has 0 aromatic heterocycles. The number of hydrogen-bond donors (Lipinski definition) is 1. The zero-order chi connectivity index (χ0) is 19.4. The monoisotopic (exact) mass is 406 g/mol. The van der Waals surface area contributed by atoms with Gasteiger partial charge in [0.05, 0.1) is 10.9 Å². The summed E-state index contributed by atoms with van der Waals surface area (Å²) < 4.78 is 28.3. The van der Waals surface area contributed by atoms with Gasteiger partial charge in [-0.05, 0) is 54.8 Å². The standard InChI is InChI=1S/C20H23ClN2O3S/c1-15(24)22-18-10-12-19(13-11-18)27(25,26)23-14-4-2-3-5-20(23)16-6-8-17(21)9-7-16/h6-13,20H,2-5,14H2,1H3,(H,22,24)/t20-/m0/s1. The van der Waals surface area contributed by atoms with Crippen LogP contribution in [0.3, 0.4) is 0 Å². The van der Waals surface area contributed by atoms with E-state index in [1.807, 2.05) is 12.1 Å². The molecule has 0 radical (unpaired) electrons. The number of anilines is 1. The van der Waals surface area contributed by atoms with Gasteiger partial charge < -0.3 is 5.32 Å². The van der Waals surface area contributed by atoms with Crippen LogP contribution >= 0.6 is 11.6 Å². The van der Waals surface area contributed by atoms with Gasteiger partial charge in [0.2, 0.25) is 15.9 Å². The van der Waals surface area contributed by atoms with Crippen molar-refractivity contribution in [3.63, 3.8) is 0 Å². The van der Waals surface area contributed by atoms with Crippen molar-refractivity contribution in [3.05, 3.63) is 59.1 Å². The minimum atomic E-state index is -3.65. The maximum Gasteiger partial charge on any atom is 0.243 e. The van der Waals surface area contributed by atoms with Gasteiger partial charge in [-0.1, -0.05) is 36.6 Å². The Hall–Kier alpha value is -1.89. The summed E-state index contributed by atoms with van der Waals surface area (Å²) >= 11 is 5.99. The van der Waals surface area contributed by atoms with Crippen molar-refractivity contribution in [2.24, 2.45) is 0 Å². The van der Waals surface area contributed by atoms with E-state index in [1.165, 1.54) is 6.92 Å². The van der Waals surface area contributed by atoms with Gasteiger partial charge in [0.15, 0.2) is 0 Å². The van der Waals surface area contributed by atoms with Gasteiger partial charge in [0, 0.05) is 24.2 Å². The molecule has 1 aliphatic heterocycles. The Morgan fingerprint density at radius 2 is 1.70 bits per heavy atom. The molecule has 0 aliphatic carbocycles. The molecule has 0 unspecified atom stereocenters. The summed E-state index contributed by atoms with van der Waals surface area (Å²) in [6.07, 6.45) is 3.62. The Morgan fingerprint density at radius 1 is 1.04 bits per heavy atom. The lowest BCUT2D eigenvalue weighted by atomic mass is 10.0. The molecular formula is C20H23ClN2O3S. The Bertz CT molecular complexity index is 896. The van der Waals surface area contributed by atoms with Gasteiger partial charge >= 0.3 is 0 Å². The van der Waals surface area contributed by atoms with E-state index in [1.54, 1.807) is 40.7 Å². The van der Waals surface area contributed by atoms with Gasteiger partial charge in [-0.15, -0.1) is 0 Å². The maximum absolute atomic E-state index is 13.3. The normalized spacial score (nSPS) is 18.7. The van der Waals surface area contributed by atoms with Crippen LogP contribution in [0.15, 0.2) is 53.4 Å². The lowest BCUT2D eigenvalue weighted by Crippen LogP contribution is -2.34. The SMILES string of the molecule is CC(=O)Nc1ccc(S(=O)(=O)N2CCCCC[C@H]2c2ccc(Cl)cc2)cc1. The van der Waals surface area contributed by atoms with Crippen LogP contribution in [0.25, 0.3) is 0 Å². The van der Waals surface area contributed by atoms with Crippen molar-refractivity contribution in [3.8, 4) is 0 Å². The summed E-state index contributed by atoms with van der Waals surface area (Å²) in [5, 5.41) is 3.29. The van der Waals surface area contributed by atoms with E-state index in [0.717, 1.165) is 31.2 Å². The fourth-order valence-corrected chi connectivity index (χ4v) is 5.24. The highest BCUT2D eigenvalue weighted by Crippen LogP contribution is 2.35. The number of nitrogens with zero attached hydrogens (tertiary/aromatic N) is 1. The van der Waals surface area contributed by atoms with Crippen LogP contribution in [0.5, 0.6) is 0 Å². The number of halogens is 1. The first-order valence-corrected chi connectivity index (χ1v) is 10.8. The number of nitrogens with one attached hydrogen (secondary N) is 1. The second kappa shape index (κ2) is 8.42. The van der Waals surface area contributed by atoms with E-state index in [2.05, 4.69) is 5.32 Å². The quantitative estimate of drug-likeness (QED) is 0.806. The van der Waals surface area contributed by atoms with E-state index in [9.17, 15) is 13.2 Å². The molecule has 3 rings (SSSR count). The molecule has 1 saturated heterocycles. The minimum Gasteiger partial charge on any atom is -0.326 e. The summed E-state index contributed by atoms with van der Waals surface area (Å²) in [5.41, 5.74) is 1.53. The largest absolute Gasteiger partial charge is 0.326 e. The number of hydrogen-bond acceptors (Lipinski definition) is 3. The molecule has 1 aliphatic rings. The molecule has 5 nitrogen and oxygen atoms in total. The summed E-state index contributed by atoms with van der Waals surface area (Å²) in [6, 6.07) is 13.5. The zero-order valence-corrected chi connectivity index (χ0v) is 16.8. The Kier molecular flexibility index (Phi) is 6.19. The molecule has 1 atom stereocenters. The molecule has 2 aromatic rings. The molecule has 2 aromatic carbocycles. The van der Waals surface area contributed by atoms with Gasteiger partial charge in [-0.3, -0.25) is 4.79 Å². The number of rotatable bonds is 4. The lowest BCUT2D eigenvalue weighted by molar-refractivity contribution is -0.114. The average Bonchev–Trinajstić information content (AvgIpc) is 2.89. The van der Waals surface area contributed by atoms with Crippen LogP contribution in [-0.4, -0.2) is 25.2 Å². The Labute approximate surface area is 165 Å². The first-order valence-electron chi connectivity index (χ1n) is 9.03. The fourth-order valence-electron chi connectivity index (χ4n) is 3.44. The highest BCUT2D eigenvalue weighted by Gasteiger charge is 2.33. The molecule has 7 heteroatoms. The lowest BCUT2D eigenvalue weighted by Gasteiger charge is -2.29. The van der Waals surface area contributed by atoms with Crippen molar-refractivity contribution in [1.82, 2.24) is 4.31 Å². The van der Waals surface area contributed by atoms with Crippen LogP contribution in [0.1, 0.15) is 44.2 Å². The summed E-state index contributed by atoms with van der Waals surface area (Å²) in [4.78, 5) is 11.4. The van der Waals surface area contributed by atoms with E-state index in [4.69, 9.17) is 11.6 Å². The van der Waals surface area contributed by atoms with Crippen LogP contribution in [0, 0.1) is 0 Å². The molecule has 1 heterocycles. The summed E-state index contributed by atoms with van der Waals surface area (Å²) in [6.45, 7) is 1.90. The molecule has 144 valence electrons. The smallest absolute Gasteiger partial charge is 0.243 e. The van der Waals surface area contributed by atoms with Gasteiger partial charge in [0.1, 0.15) is 0 Å². The highest BCUT2D eigenvalue weighted by atomic mass is 35.5. The van der Waals surface area contributed by atoms with Crippen LogP contribution < -0.4 is 5.32 Å². The number of amides is 1. The predicted molar refractivity (Wildman–Crippen MR) is 107 cm³/mol. The molecule has 1 fully saturated rings. The maximum atomic E-state index is 13.3. The molecular weight excluding hydrogens is 384 g/mol. The molecule has 0 spiro atoms. The van der Waals surface area contributed by atoms with Crippen molar-refractivity contribution in [2.75, 3.05) is 11.9 Å². The van der Waals surface area contributed by atoms with Gasteiger partial charge in [0.25, 0.3) is 0 Å². The zero-order valence-electron chi connectivity index (χ0n) is 15.2.